The van der Waals surface area contributed by atoms with Crippen molar-refractivity contribution in [3.63, 3.8) is 0 Å². The Morgan fingerprint density at radius 3 is 2.61 bits per heavy atom. The van der Waals surface area contributed by atoms with Crippen LogP contribution in [0.4, 0.5) is 15.8 Å². The van der Waals surface area contributed by atoms with Crippen LogP contribution in [-0.2, 0) is 0 Å². The number of fused-ring (bicyclic) bond motifs is 1. The molecule has 4 N–H and O–H groups in total. The van der Waals surface area contributed by atoms with Crippen LogP contribution in [0.5, 0.6) is 0 Å². The molecule has 4 nitrogen and oxygen atoms in total. The molecule has 0 bridgehead atoms. The lowest BCUT2D eigenvalue weighted by Crippen LogP contribution is -2.20. The molecule has 2 heterocycles. The molecule has 1 atom stereocenters. The van der Waals surface area contributed by atoms with E-state index < -0.39 is 0 Å². The second-order valence-electron chi connectivity index (χ2n) is 7.83. The third-order valence-corrected chi connectivity index (χ3v) is 5.51. The van der Waals surface area contributed by atoms with Crippen LogP contribution in [0.25, 0.3) is 16.5 Å². The molecular weight excluding hydrogens is 434 g/mol. The molecule has 4 rings (SSSR count). The first-order valence-electron chi connectivity index (χ1n) is 10.1. The minimum absolute atomic E-state index is 0. The molecule has 166 valence electrons. The summed E-state index contributed by atoms with van der Waals surface area (Å²) in [6.07, 6.45) is 3.25. The van der Waals surface area contributed by atoms with Gasteiger partial charge < -0.3 is 16.4 Å². The van der Waals surface area contributed by atoms with Gasteiger partial charge in [-0.25, -0.2) is 4.39 Å². The molecule has 0 fully saturated rings. The second-order valence-corrected chi connectivity index (χ2v) is 7.83. The number of aryl methyl sites for hydroxylation is 2. The van der Waals surface area contributed by atoms with E-state index in [1.807, 2.05) is 19.9 Å². The summed E-state index contributed by atoms with van der Waals surface area (Å²) >= 11 is 0. The molecule has 0 saturated heterocycles. The molecule has 1 unspecified atom stereocenters. The molecule has 31 heavy (non-hydrogen) atoms. The number of pyridine rings is 1. The molecule has 0 saturated carbocycles. The van der Waals surface area contributed by atoms with Crippen molar-refractivity contribution in [3.05, 3.63) is 70.7 Å². The smallest absolute Gasteiger partial charge is 0.131 e. The Balaban J connectivity index is 0.00000171. The number of benzene rings is 2. The molecule has 3 aromatic rings. The van der Waals surface area contributed by atoms with Crippen molar-refractivity contribution in [3.8, 4) is 0 Å². The van der Waals surface area contributed by atoms with Crippen molar-refractivity contribution in [1.82, 2.24) is 10.3 Å². The first-order chi connectivity index (χ1) is 13.9. The quantitative estimate of drug-likeness (QED) is 0.418. The summed E-state index contributed by atoms with van der Waals surface area (Å²) in [6, 6.07) is 11.6. The lowest BCUT2D eigenvalue weighted by molar-refractivity contribution is 0.592. The topological polar surface area (TPSA) is 63.0 Å². The number of nitrogens with one attached hydrogen (secondary N) is 2. The lowest BCUT2D eigenvalue weighted by atomic mass is 9.97. The third kappa shape index (κ3) is 5.29. The highest BCUT2D eigenvalue weighted by atomic mass is 35.5. The van der Waals surface area contributed by atoms with Crippen LogP contribution < -0.4 is 16.4 Å². The Morgan fingerprint density at radius 2 is 1.90 bits per heavy atom. The second kappa shape index (κ2) is 10.3. The van der Waals surface area contributed by atoms with Gasteiger partial charge in [0.05, 0.1) is 11.6 Å². The van der Waals surface area contributed by atoms with E-state index in [0.717, 1.165) is 41.8 Å². The number of nitrogens with zero attached hydrogens (tertiary/aromatic N) is 1. The number of anilines is 2. The Hall–Kier alpha value is -2.34. The summed E-state index contributed by atoms with van der Waals surface area (Å²) < 4.78 is 14.7. The standard InChI is InChI=1S/C24H27FN4.2ClH/c1-14-10-19(26)13-20(24(14)25)16(3)29-23-11-15(2)28-22-5-4-18(12-21(22)23)17-6-8-27-9-7-17;;/h4-6,10-13,16,27H,7-9,26H2,1-3H3,(H,28,29);2*1H. The van der Waals surface area contributed by atoms with Gasteiger partial charge in [0.15, 0.2) is 0 Å². The van der Waals surface area contributed by atoms with Gasteiger partial charge in [-0.15, -0.1) is 24.8 Å². The Kier molecular flexibility index (Phi) is 8.29. The lowest BCUT2D eigenvalue weighted by Gasteiger charge is -2.20. The third-order valence-electron chi connectivity index (χ3n) is 5.51. The van der Waals surface area contributed by atoms with Crippen molar-refractivity contribution in [1.29, 1.82) is 0 Å². The van der Waals surface area contributed by atoms with E-state index in [0.29, 0.717) is 16.8 Å². The summed E-state index contributed by atoms with van der Waals surface area (Å²) in [5, 5.41) is 7.89. The molecule has 7 heteroatoms. The summed E-state index contributed by atoms with van der Waals surface area (Å²) in [4.78, 5) is 4.68. The zero-order valence-electron chi connectivity index (χ0n) is 18.0. The predicted octanol–water partition coefficient (Wildman–Crippen LogP) is 5.97. The van der Waals surface area contributed by atoms with Gasteiger partial charge in [0.1, 0.15) is 5.82 Å². The van der Waals surface area contributed by atoms with E-state index in [-0.39, 0.29) is 36.7 Å². The van der Waals surface area contributed by atoms with Gasteiger partial charge in [-0.05, 0) is 80.8 Å². The SMILES string of the molecule is Cc1cc(NC(C)c2cc(N)cc(C)c2F)c2cc(C3=CCNCC3)ccc2n1.Cl.Cl. The maximum absolute atomic E-state index is 14.7. The molecule has 1 aliphatic rings. The zero-order chi connectivity index (χ0) is 20.5. The molecule has 0 radical (unpaired) electrons. The number of halogens is 3. The van der Waals surface area contributed by atoms with Crippen molar-refractivity contribution in [2.24, 2.45) is 0 Å². The summed E-state index contributed by atoms with van der Waals surface area (Å²) in [5.41, 5.74) is 13.0. The molecule has 0 spiro atoms. The van der Waals surface area contributed by atoms with Crippen molar-refractivity contribution in [2.75, 3.05) is 24.1 Å². The van der Waals surface area contributed by atoms with Gasteiger partial charge >= 0.3 is 0 Å². The van der Waals surface area contributed by atoms with Crippen LogP contribution in [0.2, 0.25) is 0 Å². The van der Waals surface area contributed by atoms with E-state index >= 15 is 0 Å². The first kappa shape index (κ1) is 24.9. The molecular formula is C24H29Cl2FN4. The summed E-state index contributed by atoms with van der Waals surface area (Å²) in [6.45, 7) is 7.57. The molecule has 0 amide bonds. The number of aromatic nitrogens is 1. The number of nitrogen functional groups attached to an aromatic ring is 1. The Bertz CT molecular complexity index is 1110. The van der Waals surface area contributed by atoms with E-state index in [9.17, 15) is 4.39 Å². The summed E-state index contributed by atoms with van der Waals surface area (Å²) in [5.74, 6) is -0.213. The predicted molar refractivity (Wildman–Crippen MR) is 134 cm³/mol. The van der Waals surface area contributed by atoms with Crippen LogP contribution in [0.15, 0.2) is 42.5 Å². The molecule has 0 aliphatic carbocycles. The highest BCUT2D eigenvalue weighted by Gasteiger charge is 2.16. The van der Waals surface area contributed by atoms with E-state index in [2.05, 4.69) is 39.9 Å². The van der Waals surface area contributed by atoms with Crippen molar-refractivity contribution >= 4 is 52.7 Å². The molecule has 1 aliphatic heterocycles. The highest BCUT2D eigenvalue weighted by Crippen LogP contribution is 2.32. The zero-order valence-corrected chi connectivity index (χ0v) is 19.6. The fourth-order valence-corrected chi connectivity index (χ4v) is 4.01. The number of nitrogens with two attached hydrogens (primary N) is 1. The average Bonchev–Trinajstić information content (AvgIpc) is 2.71. The summed E-state index contributed by atoms with van der Waals surface area (Å²) in [7, 11) is 0. The highest BCUT2D eigenvalue weighted by molar-refractivity contribution is 5.94. The number of hydrogen-bond donors (Lipinski definition) is 3. The molecule has 2 aromatic carbocycles. The van der Waals surface area contributed by atoms with Crippen LogP contribution in [-0.4, -0.2) is 18.1 Å². The van der Waals surface area contributed by atoms with Gasteiger partial charge in [0.2, 0.25) is 0 Å². The van der Waals surface area contributed by atoms with Crippen LogP contribution in [0.1, 0.15) is 41.8 Å². The monoisotopic (exact) mass is 462 g/mol. The normalized spacial score (nSPS) is 14.3. The van der Waals surface area contributed by atoms with E-state index in [1.165, 1.54) is 11.1 Å². The minimum Gasteiger partial charge on any atom is -0.399 e. The molecule has 1 aromatic heterocycles. The van der Waals surface area contributed by atoms with Crippen LogP contribution >= 0.6 is 24.8 Å². The van der Waals surface area contributed by atoms with Gasteiger partial charge in [-0.1, -0.05) is 12.1 Å². The minimum atomic E-state index is -0.232. The maximum Gasteiger partial charge on any atom is 0.131 e. The fourth-order valence-electron chi connectivity index (χ4n) is 4.01. The van der Waals surface area contributed by atoms with Gasteiger partial charge in [-0.3, -0.25) is 4.98 Å². The van der Waals surface area contributed by atoms with Crippen LogP contribution in [0, 0.1) is 19.7 Å². The maximum atomic E-state index is 14.7. The number of rotatable bonds is 4. The van der Waals surface area contributed by atoms with E-state index in [4.69, 9.17) is 5.73 Å². The van der Waals surface area contributed by atoms with Gasteiger partial charge in [0, 0.05) is 34.6 Å². The fraction of sp³-hybridized carbons (Fsp3) is 0.292. The van der Waals surface area contributed by atoms with Crippen molar-refractivity contribution < 1.29 is 4.39 Å². The average molecular weight is 463 g/mol. The van der Waals surface area contributed by atoms with Crippen LogP contribution in [0.3, 0.4) is 0 Å². The van der Waals surface area contributed by atoms with E-state index in [1.54, 1.807) is 19.1 Å². The Labute approximate surface area is 195 Å². The van der Waals surface area contributed by atoms with Gasteiger partial charge in [-0.2, -0.15) is 0 Å². The Morgan fingerprint density at radius 1 is 1.13 bits per heavy atom. The number of hydrogen-bond acceptors (Lipinski definition) is 4. The van der Waals surface area contributed by atoms with Crippen molar-refractivity contribution in [2.45, 2.75) is 33.2 Å². The largest absolute Gasteiger partial charge is 0.399 e. The first-order valence-corrected chi connectivity index (χ1v) is 10.1. The van der Waals surface area contributed by atoms with Gasteiger partial charge in [0.25, 0.3) is 0 Å².